The molecule has 0 atom stereocenters. The van der Waals surface area contributed by atoms with Gasteiger partial charge in [-0.2, -0.15) is 0 Å². The van der Waals surface area contributed by atoms with Gasteiger partial charge in [-0.1, -0.05) is 17.7 Å². The molecule has 3 rings (SSSR count). The summed E-state index contributed by atoms with van der Waals surface area (Å²) in [6, 6.07) is 9.41. The summed E-state index contributed by atoms with van der Waals surface area (Å²) in [6.45, 7) is 4.70. The fraction of sp³-hybridized carbons (Fsp3) is 0.353. The lowest BCUT2D eigenvalue weighted by molar-refractivity contribution is 0.171. The fourth-order valence-corrected chi connectivity index (χ4v) is 3.54. The third-order valence-electron chi connectivity index (χ3n) is 3.69. The standard InChI is InChI=1S/C17H19ClN2O3S/c1-2-20(11-13-4-6-16(18)24-13)17(21)19-10-12-3-5-14-15(9-12)23-8-7-22-14/h3-6,9H,2,7-8,10-11H2,1H3,(H,19,21). The Bertz CT molecular complexity index is 720. The van der Waals surface area contributed by atoms with Gasteiger partial charge in [-0.15, -0.1) is 11.3 Å². The van der Waals surface area contributed by atoms with E-state index in [9.17, 15) is 4.79 Å². The summed E-state index contributed by atoms with van der Waals surface area (Å²) in [5, 5.41) is 2.95. The van der Waals surface area contributed by atoms with Crippen LogP contribution < -0.4 is 14.8 Å². The number of ether oxygens (including phenoxy) is 2. The van der Waals surface area contributed by atoms with Crippen molar-refractivity contribution in [2.45, 2.75) is 20.0 Å². The maximum Gasteiger partial charge on any atom is 0.317 e. The lowest BCUT2D eigenvalue weighted by Gasteiger charge is -2.21. The number of hydrogen-bond acceptors (Lipinski definition) is 4. The Balaban J connectivity index is 1.57. The number of carbonyl (C=O) groups is 1. The fourth-order valence-electron chi connectivity index (χ4n) is 2.44. The minimum Gasteiger partial charge on any atom is -0.486 e. The van der Waals surface area contributed by atoms with E-state index < -0.39 is 0 Å². The number of halogens is 1. The zero-order valence-corrected chi connectivity index (χ0v) is 15.0. The Morgan fingerprint density at radius 1 is 1.25 bits per heavy atom. The summed E-state index contributed by atoms with van der Waals surface area (Å²) in [5.41, 5.74) is 0.975. The predicted molar refractivity (Wildman–Crippen MR) is 95.1 cm³/mol. The first-order valence-electron chi connectivity index (χ1n) is 7.81. The second-order valence-electron chi connectivity index (χ2n) is 5.36. The number of amides is 2. The molecule has 0 unspecified atom stereocenters. The van der Waals surface area contributed by atoms with Crippen LogP contribution in [0.2, 0.25) is 4.34 Å². The summed E-state index contributed by atoms with van der Waals surface area (Å²) in [5.74, 6) is 1.48. The number of carbonyl (C=O) groups excluding carboxylic acids is 1. The van der Waals surface area contributed by atoms with Crippen molar-refractivity contribution in [1.29, 1.82) is 0 Å². The van der Waals surface area contributed by atoms with Crippen molar-refractivity contribution >= 4 is 29.0 Å². The molecule has 1 N–H and O–H groups in total. The first-order valence-corrected chi connectivity index (χ1v) is 9.00. The summed E-state index contributed by atoms with van der Waals surface area (Å²) in [4.78, 5) is 15.2. The van der Waals surface area contributed by atoms with E-state index in [2.05, 4.69) is 5.32 Å². The number of benzene rings is 1. The number of nitrogens with zero attached hydrogens (tertiary/aromatic N) is 1. The van der Waals surface area contributed by atoms with Crippen LogP contribution in [0.4, 0.5) is 4.79 Å². The Kier molecular flexibility index (Phi) is 5.48. The molecule has 24 heavy (non-hydrogen) atoms. The molecule has 0 aliphatic carbocycles. The van der Waals surface area contributed by atoms with Crippen LogP contribution in [0.1, 0.15) is 17.4 Å². The van der Waals surface area contributed by atoms with Crippen molar-refractivity contribution < 1.29 is 14.3 Å². The highest BCUT2D eigenvalue weighted by atomic mass is 35.5. The van der Waals surface area contributed by atoms with Crippen LogP contribution in [0.15, 0.2) is 30.3 Å². The molecule has 128 valence electrons. The van der Waals surface area contributed by atoms with E-state index in [1.807, 2.05) is 37.3 Å². The van der Waals surface area contributed by atoms with Gasteiger partial charge in [-0.05, 0) is 36.8 Å². The number of urea groups is 1. The molecule has 2 aromatic rings. The number of nitrogens with one attached hydrogen (secondary N) is 1. The largest absolute Gasteiger partial charge is 0.486 e. The number of thiophene rings is 1. The van der Waals surface area contributed by atoms with Crippen molar-refractivity contribution in [2.24, 2.45) is 0 Å². The quantitative estimate of drug-likeness (QED) is 0.873. The first kappa shape index (κ1) is 16.9. The average molecular weight is 367 g/mol. The van der Waals surface area contributed by atoms with E-state index in [1.165, 1.54) is 11.3 Å². The van der Waals surface area contributed by atoms with Crippen molar-refractivity contribution in [3.8, 4) is 11.5 Å². The van der Waals surface area contributed by atoms with E-state index in [0.29, 0.717) is 32.8 Å². The first-order chi connectivity index (χ1) is 11.7. The van der Waals surface area contributed by atoms with Crippen molar-refractivity contribution in [1.82, 2.24) is 10.2 Å². The molecule has 0 radical (unpaired) electrons. The van der Waals surface area contributed by atoms with Gasteiger partial charge in [-0.3, -0.25) is 0 Å². The minimum absolute atomic E-state index is 0.100. The lowest BCUT2D eigenvalue weighted by Crippen LogP contribution is -2.38. The van der Waals surface area contributed by atoms with Crippen LogP contribution in [0.25, 0.3) is 0 Å². The Morgan fingerprint density at radius 3 is 2.75 bits per heavy atom. The highest BCUT2D eigenvalue weighted by Gasteiger charge is 2.15. The van der Waals surface area contributed by atoms with Crippen molar-refractivity contribution in [2.75, 3.05) is 19.8 Å². The van der Waals surface area contributed by atoms with Crippen LogP contribution in [0.5, 0.6) is 11.5 Å². The monoisotopic (exact) mass is 366 g/mol. The van der Waals surface area contributed by atoms with Gasteiger partial charge in [0.05, 0.1) is 10.9 Å². The predicted octanol–water partition coefficient (Wildman–Crippen LogP) is 3.90. The third-order valence-corrected chi connectivity index (χ3v) is 4.91. The minimum atomic E-state index is -0.100. The summed E-state index contributed by atoms with van der Waals surface area (Å²) >= 11 is 7.44. The van der Waals surface area contributed by atoms with Gasteiger partial charge in [0, 0.05) is 18.0 Å². The van der Waals surface area contributed by atoms with Gasteiger partial charge in [-0.25, -0.2) is 4.79 Å². The van der Waals surface area contributed by atoms with E-state index in [-0.39, 0.29) is 6.03 Å². The molecule has 5 nitrogen and oxygen atoms in total. The van der Waals surface area contributed by atoms with Gasteiger partial charge in [0.15, 0.2) is 11.5 Å². The summed E-state index contributed by atoms with van der Waals surface area (Å²) < 4.78 is 11.8. The third kappa shape index (κ3) is 4.13. The van der Waals surface area contributed by atoms with E-state index >= 15 is 0 Å². The molecule has 1 aliphatic heterocycles. The van der Waals surface area contributed by atoms with Gasteiger partial charge >= 0.3 is 6.03 Å². The number of fused-ring (bicyclic) bond motifs is 1. The number of rotatable bonds is 5. The Hall–Kier alpha value is -1.92. The molecule has 1 aromatic carbocycles. The lowest BCUT2D eigenvalue weighted by atomic mass is 10.2. The van der Waals surface area contributed by atoms with Gasteiger partial charge in [0.25, 0.3) is 0 Å². The van der Waals surface area contributed by atoms with E-state index in [1.54, 1.807) is 4.90 Å². The molecule has 2 amide bonds. The Labute approximate surface area is 150 Å². The highest BCUT2D eigenvalue weighted by molar-refractivity contribution is 7.16. The zero-order chi connectivity index (χ0) is 16.9. The van der Waals surface area contributed by atoms with Gasteiger partial charge < -0.3 is 19.7 Å². The topological polar surface area (TPSA) is 50.8 Å². The average Bonchev–Trinajstić information content (AvgIpc) is 3.02. The summed E-state index contributed by atoms with van der Waals surface area (Å²) in [7, 11) is 0. The molecule has 0 saturated heterocycles. The van der Waals surface area contributed by atoms with Crippen LogP contribution in [-0.2, 0) is 13.1 Å². The second kappa shape index (κ2) is 7.77. The molecule has 0 spiro atoms. The van der Waals surface area contributed by atoms with Gasteiger partial charge in [0.2, 0.25) is 0 Å². The molecule has 1 aliphatic rings. The van der Waals surface area contributed by atoms with Gasteiger partial charge in [0.1, 0.15) is 13.2 Å². The molecular formula is C17H19ClN2O3S. The van der Waals surface area contributed by atoms with Crippen molar-refractivity contribution in [3.63, 3.8) is 0 Å². The summed E-state index contributed by atoms with van der Waals surface area (Å²) in [6.07, 6.45) is 0. The SMILES string of the molecule is CCN(Cc1ccc(Cl)s1)C(=O)NCc1ccc2c(c1)OCCO2. The van der Waals surface area contributed by atoms with Crippen LogP contribution in [-0.4, -0.2) is 30.7 Å². The zero-order valence-electron chi connectivity index (χ0n) is 13.4. The highest BCUT2D eigenvalue weighted by Crippen LogP contribution is 2.30. The smallest absolute Gasteiger partial charge is 0.317 e. The number of hydrogen-bond donors (Lipinski definition) is 1. The molecule has 0 saturated carbocycles. The van der Waals surface area contributed by atoms with E-state index in [0.717, 1.165) is 26.3 Å². The van der Waals surface area contributed by atoms with Crippen LogP contribution >= 0.6 is 22.9 Å². The molecule has 0 bridgehead atoms. The van der Waals surface area contributed by atoms with E-state index in [4.69, 9.17) is 21.1 Å². The normalized spacial score (nSPS) is 12.8. The van der Waals surface area contributed by atoms with Crippen molar-refractivity contribution in [3.05, 3.63) is 45.1 Å². The maximum absolute atomic E-state index is 12.4. The molecule has 7 heteroatoms. The maximum atomic E-state index is 12.4. The van der Waals surface area contributed by atoms with Crippen LogP contribution in [0, 0.1) is 0 Å². The molecule has 2 heterocycles. The second-order valence-corrected chi connectivity index (χ2v) is 7.16. The molecule has 1 aromatic heterocycles. The molecular weight excluding hydrogens is 348 g/mol. The molecule has 0 fully saturated rings. The Morgan fingerprint density at radius 2 is 2.04 bits per heavy atom. The van der Waals surface area contributed by atoms with Crippen LogP contribution in [0.3, 0.4) is 0 Å².